The van der Waals surface area contributed by atoms with Crippen molar-refractivity contribution in [3.63, 3.8) is 0 Å². The molecule has 1 aromatic heterocycles. The molecule has 2 aromatic rings. The van der Waals surface area contributed by atoms with E-state index in [0.717, 1.165) is 5.56 Å². The lowest BCUT2D eigenvalue weighted by Gasteiger charge is -1.99. The third-order valence-electron chi connectivity index (χ3n) is 2.48. The van der Waals surface area contributed by atoms with E-state index in [-0.39, 0.29) is 13.4 Å². The van der Waals surface area contributed by atoms with E-state index >= 15 is 0 Å². The van der Waals surface area contributed by atoms with Crippen LogP contribution >= 0.6 is 15.9 Å². The SMILES string of the molecule is OCc1noc(-c2ccc3c(c2)OCO3)c1Br. The van der Waals surface area contributed by atoms with E-state index in [1.165, 1.54) is 0 Å². The van der Waals surface area contributed by atoms with Gasteiger partial charge in [0, 0.05) is 5.56 Å². The molecule has 0 atom stereocenters. The molecular formula is C11H8BrNO4. The first-order chi connectivity index (χ1) is 8.29. The second-order valence-electron chi connectivity index (χ2n) is 3.50. The van der Waals surface area contributed by atoms with Gasteiger partial charge in [-0.15, -0.1) is 0 Å². The summed E-state index contributed by atoms with van der Waals surface area (Å²) in [7, 11) is 0. The predicted octanol–water partition coefficient (Wildman–Crippen LogP) is 2.33. The Hall–Kier alpha value is -1.53. The van der Waals surface area contributed by atoms with E-state index in [2.05, 4.69) is 21.1 Å². The van der Waals surface area contributed by atoms with Gasteiger partial charge in [-0.3, -0.25) is 0 Å². The number of hydrogen-bond acceptors (Lipinski definition) is 5. The molecular weight excluding hydrogens is 290 g/mol. The standard InChI is InChI=1S/C11H8BrNO4/c12-10-7(4-14)13-17-11(10)6-1-2-8-9(3-6)16-5-15-8/h1-3,14H,4-5H2. The lowest BCUT2D eigenvalue weighted by molar-refractivity contribution is 0.174. The van der Waals surface area contributed by atoms with Gasteiger partial charge in [0.15, 0.2) is 17.3 Å². The van der Waals surface area contributed by atoms with Crippen LogP contribution in [0, 0.1) is 0 Å². The molecule has 0 spiro atoms. The smallest absolute Gasteiger partial charge is 0.231 e. The van der Waals surface area contributed by atoms with E-state index in [0.29, 0.717) is 27.4 Å². The van der Waals surface area contributed by atoms with Gasteiger partial charge >= 0.3 is 0 Å². The summed E-state index contributed by atoms with van der Waals surface area (Å²) >= 11 is 3.34. The first kappa shape index (κ1) is 10.6. The Labute approximate surface area is 105 Å². The summed E-state index contributed by atoms with van der Waals surface area (Å²) in [5.74, 6) is 1.95. The molecule has 0 amide bonds. The van der Waals surface area contributed by atoms with E-state index in [9.17, 15) is 0 Å². The zero-order valence-corrected chi connectivity index (χ0v) is 10.2. The first-order valence-corrected chi connectivity index (χ1v) is 5.74. The number of ether oxygens (including phenoxy) is 2. The first-order valence-electron chi connectivity index (χ1n) is 4.94. The zero-order chi connectivity index (χ0) is 11.8. The molecule has 0 saturated carbocycles. The summed E-state index contributed by atoms with van der Waals surface area (Å²) in [6.07, 6.45) is 0. The monoisotopic (exact) mass is 297 g/mol. The topological polar surface area (TPSA) is 64.7 Å². The number of aliphatic hydroxyl groups excluding tert-OH is 1. The summed E-state index contributed by atoms with van der Waals surface area (Å²) in [5, 5.41) is 12.8. The minimum atomic E-state index is -0.172. The van der Waals surface area contributed by atoms with Crippen LogP contribution in [0.5, 0.6) is 11.5 Å². The number of benzene rings is 1. The molecule has 88 valence electrons. The summed E-state index contributed by atoms with van der Waals surface area (Å²) in [6, 6.07) is 5.47. The van der Waals surface area contributed by atoms with Crippen LogP contribution in [-0.4, -0.2) is 17.1 Å². The van der Waals surface area contributed by atoms with Crippen molar-refractivity contribution in [3.8, 4) is 22.8 Å². The van der Waals surface area contributed by atoms with Crippen molar-refractivity contribution in [2.24, 2.45) is 0 Å². The Morgan fingerprint density at radius 2 is 2.12 bits per heavy atom. The lowest BCUT2D eigenvalue weighted by Crippen LogP contribution is -1.92. The number of fused-ring (bicyclic) bond motifs is 1. The zero-order valence-electron chi connectivity index (χ0n) is 8.64. The molecule has 3 rings (SSSR count). The second kappa shape index (κ2) is 4.05. The number of aromatic nitrogens is 1. The molecule has 0 radical (unpaired) electrons. The fourth-order valence-corrected chi connectivity index (χ4v) is 2.13. The van der Waals surface area contributed by atoms with Gasteiger partial charge in [0.05, 0.1) is 11.1 Å². The van der Waals surface area contributed by atoms with E-state index in [1.54, 1.807) is 0 Å². The average Bonchev–Trinajstić information content (AvgIpc) is 2.94. The van der Waals surface area contributed by atoms with Crippen LogP contribution in [0.25, 0.3) is 11.3 Å². The molecule has 1 aliphatic heterocycles. The Morgan fingerprint density at radius 1 is 1.29 bits per heavy atom. The van der Waals surface area contributed by atoms with Gasteiger partial charge in [-0.25, -0.2) is 0 Å². The molecule has 1 N–H and O–H groups in total. The maximum Gasteiger partial charge on any atom is 0.231 e. The van der Waals surface area contributed by atoms with Gasteiger partial charge < -0.3 is 19.1 Å². The van der Waals surface area contributed by atoms with Gasteiger partial charge in [-0.05, 0) is 34.1 Å². The van der Waals surface area contributed by atoms with Crippen molar-refractivity contribution in [1.29, 1.82) is 0 Å². The van der Waals surface area contributed by atoms with Crippen molar-refractivity contribution in [1.82, 2.24) is 5.16 Å². The minimum Gasteiger partial charge on any atom is -0.454 e. The summed E-state index contributed by atoms with van der Waals surface area (Å²) in [6.45, 7) is 0.0624. The molecule has 5 nitrogen and oxygen atoms in total. The summed E-state index contributed by atoms with van der Waals surface area (Å²) in [4.78, 5) is 0. The molecule has 1 aromatic carbocycles. The molecule has 0 bridgehead atoms. The number of nitrogens with zero attached hydrogens (tertiary/aromatic N) is 1. The summed E-state index contributed by atoms with van der Waals surface area (Å²) < 4.78 is 16.3. The minimum absolute atomic E-state index is 0.172. The fraction of sp³-hybridized carbons (Fsp3) is 0.182. The molecule has 2 heterocycles. The van der Waals surface area contributed by atoms with Crippen LogP contribution in [0.2, 0.25) is 0 Å². The third kappa shape index (κ3) is 1.69. The maximum absolute atomic E-state index is 9.04. The van der Waals surface area contributed by atoms with Crippen LogP contribution in [0.4, 0.5) is 0 Å². The van der Waals surface area contributed by atoms with Crippen molar-refractivity contribution in [2.75, 3.05) is 6.79 Å². The van der Waals surface area contributed by atoms with Crippen LogP contribution < -0.4 is 9.47 Å². The van der Waals surface area contributed by atoms with Crippen LogP contribution in [0.15, 0.2) is 27.2 Å². The predicted molar refractivity (Wildman–Crippen MR) is 61.7 cm³/mol. The van der Waals surface area contributed by atoms with E-state index in [1.807, 2.05) is 18.2 Å². The summed E-state index contributed by atoms with van der Waals surface area (Å²) in [5.41, 5.74) is 1.28. The van der Waals surface area contributed by atoms with Crippen LogP contribution in [0.3, 0.4) is 0 Å². The van der Waals surface area contributed by atoms with Gasteiger partial charge in [0.2, 0.25) is 6.79 Å². The number of rotatable bonds is 2. The van der Waals surface area contributed by atoms with E-state index < -0.39 is 0 Å². The van der Waals surface area contributed by atoms with Gasteiger partial charge in [-0.1, -0.05) is 5.16 Å². The fourth-order valence-electron chi connectivity index (χ4n) is 1.63. The number of halogens is 1. The Morgan fingerprint density at radius 3 is 2.88 bits per heavy atom. The van der Waals surface area contributed by atoms with Crippen molar-refractivity contribution in [2.45, 2.75) is 6.61 Å². The quantitative estimate of drug-likeness (QED) is 0.921. The molecule has 0 fully saturated rings. The molecule has 6 heteroatoms. The largest absolute Gasteiger partial charge is 0.454 e. The number of hydrogen-bond donors (Lipinski definition) is 1. The Bertz CT molecular complexity index is 567. The van der Waals surface area contributed by atoms with Crippen molar-refractivity contribution < 1.29 is 19.1 Å². The van der Waals surface area contributed by atoms with Crippen molar-refractivity contribution in [3.05, 3.63) is 28.4 Å². The second-order valence-corrected chi connectivity index (χ2v) is 4.29. The van der Waals surface area contributed by atoms with Gasteiger partial charge in [0.1, 0.15) is 5.69 Å². The highest BCUT2D eigenvalue weighted by atomic mass is 79.9. The van der Waals surface area contributed by atoms with Crippen LogP contribution in [-0.2, 0) is 6.61 Å². The molecule has 0 unspecified atom stereocenters. The average molecular weight is 298 g/mol. The van der Waals surface area contributed by atoms with Gasteiger partial charge in [0.25, 0.3) is 0 Å². The normalized spacial score (nSPS) is 13.1. The lowest BCUT2D eigenvalue weighted by atomic mass is 10.1. The maximum atomic E-state index is 9.04. The Balaban J connectivity index is 2.06. The van der Waals surface area contributed by atoms with Crippen molar-refractivity contribution >= 4 is 15.9 Å². The van der Waals surface area contributed by atoms with Crippen LogP contribution in [0.1, 0.15) is 5.69 Å². The molecule has 0 saturated heterocycles. The molecule has 17 heavy (non-hydrogen) atoms. The molecule has 1 aliphatic rings. The third-order valence-corrected chi connectivity index (χ3v) is 3.30. The highest BCUT2D eigenvalue weighted by Gasteiger charge is 2.19. The highest BCUT2D eigenvalue weighted by molar-refractivity contribution is 9.10. The Kier molecular flexibility index (Phi) is 2.53. The van der Waals surface area contributed by atoms with Gasteiger partial charge in [-0.2, -0.15) is 0 Å². The highest BCUT2D eigenvalue weighted by Crippen LogP contribution is 2.38. The molecule has 0 aliphatic carbocycles. The number of aliphatic hydroxyl groups is 1. The van der Waals surface area contributed by atoms with E-state index in [4.69, 9.17) is 19.1 Å².